The summed E-state index contributed by atoms with van der Waals surface area (Å²) in [5.74, 6) is 0.186. The standard InChI is InChI=1S/C30H23N3O7S/c1-18-3-10-22(33(37)38)15-25(18)26-14-13-24(40-26)16-27-28(34)32(17-19-4-6-20(7-5-19)29(35)36)30(41-27)31-21-8-11-23(39-2)12-9-21/h3-16H,17H2,1-2H3,(H,35,36)/b27-16-,31-30?. The Morgan fingerprint density at radius 1 is 1.10 bits per heavy atom. The lowest BCUT2D eigenvalue weighted by Crippen LogP contribution is -2.28. The van der Waals surface area contributed by atoms with Crippen LogP contribution in [-0.2, 0) is 11.3 Å². The third-order valence-electron chi connectivity index (χ3n) is 6.32. The molecule has 0 radical (unpaired) electrons. The van der Waals surface area contributed by atoms with Gasteiger partial charge in [0.1, 0.15) is 17.3 Å². The number of aromatic carboxylic acids is 1. The molecule has 2 heterocycles. The minimum atomic E-state index is -1.03. The maximum atomic E-state index is 13.6. The largest absolute Gasteiger partial charge is 0.497 e. The predicted octanol–water partition coefficient (Wildman–Crippen LogP) is 6.67. The molecule has 5 rings (SSSR count). The van der Waals surface area contributed by atoms with E-state index in [1.54, 1.807) is 67.8 Å². The fourth-order valence-electron chi connectivity index (χ4n) is 4.13. The zero-order chi connectivity index (χ0) is 29.1. The first-order valence-electron chi connectivity index (χ1n) is 12.3. The van der Waals surface area contributed by atoms with Crippen LogP contribution < -0.4 is 4.74 Å². The Morgan fingerprint density at radius 3 is 2.49 bits per heavy atom. The Balaban J connectivity index is 1.47. The number of hydrogen-bond donors (Lipinski definition) is 1. The van der Waals surface area contributed by atoms with Crippen LogP contribution in [0.1, 0.15) is 27.2 Å². The van der Waals surface area contributed by atoms with Gasteiger partial charge in [0.05, 0.1) is 34.7 Å². The quantitative estimate of drug-likeness (QED) is 0.141. The van der Waals surface area contributed by atoms with E-state index in [4.69, 9.17) is 9.15 Å². The molecule has 41 heavy (non-hydrogen) atoms. The molecule has 0 spiro atoms. The van der Waals surface area contributed by atoms with Crippen molar-refractivity contribution in [1.82, 2.24) is 4.90 Å². The molecule has 1 aromatic heterocycles. The summed E-state index contributed by atoms with van der Waals surface area (Å²) in [6.07, 6.45) is 1.61. The average molecular weight is 570 g/mol. The van der Waals surface area contributed by atoms with Crippen molar-refractivity contribution >= 4 is 46.3 Å². The zero-order valence-corrected chi connectivity index (χ0v) is 22.8. The number of carbonyl (C=O) groups is 2. The number of carboxylic acids is 1. The number of hydrogen-bond acceptors (Lipinski definition) is 8. The number of nitro benzene ring substituents is 1. The highest BCUT2D eigenvalue weighted by Gasteiger charge is 2.34. The Morgan fingerprint density at radius 2 is 1.83 bits per heavy atom. The van der Waals surface area contributed by atoms with Crippen molar-refractivity contribution in [3.05, 3.63) is 116 Å². The smallest absolute Gasteiger partial charge is 0.335 e. The van der Waals surface area contributed by atoms with Crippen LogP contribution in [-0.4, -0.2) is 39.1 Å². The van der Waals surface area contributed by atoms with Gasteiger partial charge in [0.15, 0.2) is 5.17 Å². The highest BCUT2D eigenvalue weighted by Crippen LogP contribution is 2.37. The number of nitro groups is 1. The molecule has 11 heteroatoms. The van der Waals surface area contributed by atoms with E-state index < -0.39 is 10.9 Å². The molecule has 1 aliphatic heterocycles. The van der Waals surface area contributed by atoms with Crippen LogP contribution in [0.2, 0.25) is 0 Å². The number of aryl methyl sites for hydroxylation is 1. The number of ether oxygens (including phenoxy) is 1. The third-order valence-corrected chi connectivity index (χ3v) is 7.33. The SMILES string of the molecule is COc1ccc(N=C2S/C(=C\c3ccc(-c4cc([N+](=O)[O-])ccc4C)o3)C(=O)N2Cc2ccc(C(=O)O)cc2)cc1. The van der Waals surface area contributed by atoms with Gasteiger partial charge in [-0.05, 0) is 78.3 Å². The van der Waals surface area contributed by atoms with E-state index in [-0.39, 0.29) is 23.7 Å². The minimum absolute atomic E-state index is 0.0464. The molecule has 206 valence electrons. The maximum absolute atomic E-state index is 13.6. The third kappa shape index (κ3) is 6.04. The van der Waals surface area contributed by atoms with Gasteiger partial charge in [-0.2, -0.15) is 0 Å². The second kappa shape index (κ2) is 11.5. The van der Waals surface area contributed by atoms with Crippen LogP contribution in [0.3, 0.4) is 0 Å². The molecule has 1 N–H and O–H groups in total. The number of rotatable bonds is 8. The summed E-state index contributed by atoms with van der Waals surface area (Å²) >= 11 is 1.18. The molecular formula is C30H23N3O7S. The molecule has 3 aromatic carbocycles. The molecule has 10 nitrogen and oxygen atoms in total. The van der Waals surface area contributed by atoms with Crippen LogP contribution in [0.5, 0.6) is 5.75 Å². The number of amides is 1. The minimum Gasteiger partial charge on any atom is -0.497 e. The van der Waals surface area contributed by atoms with E-state index in [0.717, 1.165) is 11.1 Å². The van der Waals surface area contributed by atoms with Gasteiger partial charge < -0.3 is 14.3 Å². The van der Waals surface area contributed by atoms with E-state index >= 15 is 0 Å². The van der Waals surface area contributed by atoms with Crippen LogP contribution in [0, 0.1) is 17.0 Å². The number of benzene rings is 3. The maximum Gasteiger partial charge on any atom is 0.335 e. The van der Waals surface area contributed by atoms with Gasteiger partial charge in [-0.3, -0.25) is 19.8 Å². The number of nitrogens with zero attached hydrogens (tertiary/aromatic N) is 3. The second-order valence-electron chi connectivity index (χ2n) is 9.05. The lowest BCUT2D eigenvalue weighted by molar-refractivity contribution is -0.384. The van der Waals surface area contributed by atoms with Crippen molar-refractivity contribution in [3.8, 4) is 17.1 Å². The van der Waals surface area contributed by atoms with Crippen LogP contribution in [0.15, 0.2) is 93.2 Å². The van der Waals surface area contributed by atoms with Crippen molar-refractivity contribution in [2.24, 2.45) is 4.99 Å². The lowest BCUT2D eigenvalue weighted by Gasteiger charge is -2.16. The molecular weight excluding hydrogens is 546 g/mol. The lowest BCUT2D eigenvalue weighted by atomic mass is 10.1. The first kappa shape index (κ1) is 27.4. The van der Waals surface area contributed by atoms with Crippen molar-refractivity contribution in [1.29, 1.82) is 0 Å². The average Bonchev–Trinajstić information content (AvgIpc) is 3.54. The fourth-order valence-corrected chi connectivity index (χ4v) is 5.10. The van der Waals surface area contributed by atoms with Crippen molar-refractivity contribution in [2.45, 2.75) is 13.5 Å². The Bertz CT molecular complexity index is 1710. The Kier molecular flexibility index (Phi) is 7.70. The first-order chi connectivity index (χ1) is 19.7. The number of carbonyl (C=O) groups excluding carboxylic acids is 1. The van der Waals surface area contributed by atoms with Gasteiger partial charge in [0, 0.05) is 23.8 Å². The molecule has 0 saturated carbocycles. The van der Waals surface area contributed by atoms with Crippen molar-refractivity contribution < 1.29 is 28.8 Å². The summed E-state index contributed by atoms with van der Waals surface area (Å²) in [5.41, 5.74) is 2.85. The van der Waals surface area contributed by atoms with Gasteiger partial charge >= 0.3 is 5.97 Å². The number of thioether (sulfide) groups is 1. The molecule has 1 fully saturated rings. The molecule has 0 bridgehead atoms. The number of furan rings is 1. The van der Waals surface area contributed by atoms with Gasteiger partial charge in [-0.15, -0.1) is 0 Å². The predicted molar refractivity (Wildman–Crippen MR) is 155 cm³/mol. The van der Waals surface area contributed by atoms with Gasteiger partial charge in [-0.1, -0.05) is 18.2 Å². The fraction of sp³-hybridized carbons (Fsp3) is 0.100. The molecule has 4 aromatic rings. The van der Waals surface area contributed by atoms with Gasteiger partial charge in [-0.25, -0.2) is 9.79 Å². The summed E-state index contributed by atoms with van der Waals surface area (Å²) in [7, 11) is 1.57. The van der Waals surface area contributed by atoms with E-state index in [9.17, 15) is 24.8 Å². The molecule has 0 atom stereocenters. The van der Waals surface area contributed by atoms with Crippen LogP contribution in [0.25, 0.3) is 17.4 Å². The van der Waals surface area contributed by atoms with Crippen molar-refractivity contribution in [3.63, 3.8) is 0 Å². The highest BCUT2D eigenvalue weighted by atomic mass is 32.2. The van der Waals surface area contributed by atoms with E-state index in [1.165, 1.54) is 40.9 Å². The van der Waals surface area contributed by atoms with Gasteiger partial charge in [0.2, 0.25) is 0 Å². The van der Waals surface area contributed by atoms with E-state index in [1.807, 2.05) is 6.92 Å². The molecule has 1 amide bonds. The number of methoxy groups -OCH3 is 1. The number of carboxylic acid groups (broad SMARTS) is 1. The molecule has 1 saturated heterocycles. The monoisotopic (exact) mass is 569 g/mol. The Labute approximate surface area is 238 Å². The summed E-state index contributed by atoms with van der Waals surface area (Å²) in [4.78, 5) is 42.2. The van der Waals surface area contributed by atoms with E-state index in [0.29, 0.717) is 38.6 Å². The number of aliphatic imine (C=N–C) groups is 1. The van der Waals surface area contributed by atoms with E-state index in [2.05, 4.69) is 4.99 Å². The summed E-state index contributed by atoms with van der Waals surface area (Å²) < 4.78 is 11.2. The number of amidine groups is 1. The topological polar surface area (TPSA) is 135 Å². The van der Waals surface area contributed by atoms with Crippen LogP contribution >= 0.6 is 11.8 Å². The summed E-state index contributed by atoms with van der Waals surface area (Å²) in [6.45, 7) is 2.01. The van der Waals surface area contributed by atoms with Crippen molar-refractivity contribution in [2.75, 3.05) is 7.11 Å². The highest BCUT2D eigenvalue weighted by molar-refractivity contribution is 8.18. The number of non-ortho nitro benzene ring substituents is 1. The normalized spacial score (nSPS) is 15.1. The molecule has 0 unspecified atom stereocenters. The summed E-state index contributed by atoms with van der Waals surface area (Å²) in [5, 5.41) is 20.9. The Hall–Kier alpha value is -5.16. The summed E-state index contributed by atoms with van der Waals surface area (Å²) in [6, 6.07) is 21.3. The molecule has 0 aliphatic carbocycles. The molecule has 1 aliphatic rings. The zero-order valence-electron chi connectivity index (χ0n) is 21.9. The van der Waals surface area contributed by atoms with Gasteiger partial charge in [0.25, 0.3) is 11.6 Å². The van der Waals surface area contributed by atoms with Crippen LogP contribution in [0.4, 0.5) is 11.4 Å². The first-order valence-corrected chi connectivity index (χ1v) is 13.1. The second-order valence-corrected chi connectivity index (χ2v) is 10.1.